The van der Waals surface area contributed by atoms with Crippen LogP contribution in [-0.2, 0) is 22.5 Å². The van der Waals surface area contributed by atoms with Crippen molar-refractivity contribution in [3.63, 3.8) is 0 Å². The summed E-state index contributed by atoms with van der Waals surface area (Å²) < 4.78 is 17.2. The highest BCUT2D eigenvalue weighted by molar-refractivity contribution is 6.02. The lowest BCUT2D eigenvalue weighted by atomic mass is 10.1. The van der Waals surface area contributed by atoms with E-state index in [-0.39, 0.29) is 17.9 Å². The molecule has 0 saturated heterocycles. The van der Waals surface area contributed by atoms with Crippen LogP contribution in [0.1, 0.15) is 5.56 Å². The van der Waals surface area contributed by atoms with Crippen molar-refractivity contribution in [2.75, 3.05) is 33.3 Å². The molecule has 0 fully saturated rings. The number of pyridine rings is 1. The first kappa shape index (κ1) is 20.4. The maximum absolute atomic E-state index is 12.7. The molecule has 0 bridgehead atoms. The molecule has 1 aromatic heterocycles. The van der Waals surface area contributed by atoms with Crippen LogP contribution in [0.4, 0.5) is 5.69 Å². The molecule has 0 aliphatic carbocycles. The van der Waals surface area contributed by atoms with Crippen molar-refractivity contribution in [3.8, 4) is 11.5 Å². The summed E-state index contributed by atoms with van der Waals surface area (Å²) in [7, 11) is 4.72. The number of ether oxygens (including phenoxy) is 3. The highest BCUT2D eigenvalue weighted by Gasteiger charge is 2.13. The van der Waals surface area contributed by atoms with E-state index in [0.717, 1.165) is 5.56 Å². The van der Waals surface area contributed by atoms with Gasteiger partial charge >= 0.3 is 0 Å². The summed E-state index contributed by atoms with van der Waals surface area (Å²) >= 11 is 0. The molecule has 7 heteroatoms. The standard InChI is InChI=1S/C22H24N2O5/c1-27-12-11-24-10-9-17-18(22(24)26)5-4-6-19(17)23-21(25)13-15-7-8-16(28-2)14-20(15)29-3/h4-10,14H,11-13H2,1-3H3,(H,23,25). The summed E-state index contributed by atoms with van der Waals surface area (Å²) in [4.78, 5) is 25.3. The van der Waals surface area contributed by atoms with Crippen molar-refractivity contribution in [2.24, 2.45) is 0 Å². The number of amides is 1. The molecule has 7 nitrogen and oxygen atoms in total. The molecule has 3 aromatic rings. The second kappa shape index (κ2) is 9.25. The fourth-order valence-corrected chi connectivity index (χ4v) is 3.16. The smallest absolute Gasteiger partial charge is 0.258 e. The molecule has 0 radical (unpaired) electrons. The zero-order valence-electron chi connectivity index (χ0n) is 16.7. The molecule has 0 aliphatic heterocycles. The minimum Gasteiger partial charge on any atom is -0.497 e. The van der Waals surface area contributed by atoms with E-state index < -0.39 is 0 Å². The van der Waals surface area contributed by atoms with Crippen molar-refractivity contribution in [2.45, 2.75) is 13.0 Å². The van der Waals surface area contributed by atoms with Crippen LogP contribution < -0.4 is 20.3 Å². The summed E-state index contributed by atoms with van der Waals surface area (Å²) in [6, 6.07) is 12.4. The third kappa shape index (κ3) is 4.57. The first-order valence-electron chi connectivity index (χ1n) is 9.19. The Balaban J connectivity index is 1.84. The number of carbonyl (C=O) groups is 1. The Hall–Kier alpha value is -3.32. The number of aromatic nitrogens is 1. The fraction of sp³-hybridized carbons (Fsp3) is 0.273. The molecule has 0 atom stereocenters. The second-order valence-electron chi connectivity index (χ2n) is 6.48. The van der Waals surface area contributed by atoms with Gasteiger partial charge in [-0.2, -0.15) is 0 Å². The molecule has 1 heterocycles. The molecule has 0 saturated carbocycles. The van der Waals surface area contributed by atoms with Gasteiger partial charge in [-0.1, -0.05) is 12.1 Å². The third-order valence-corrected chi connectivity index (χ3v) is 4.67. The molecule has 2 aromatic carbocycles. The quantitative estimate of drug-likeness (QED) is 0.633. The lowest BCUT2D eigenvalue weighted by Crippen LogP contribution is -2.22. The van der Waals surface area contributed by atoms with Crippen LogP contribution in [0.15, 0.2) is 53.5 Å². The SMILES string of the molecule is COCCn1ccc2c(NC(=O)Cc3ccc(OC)cc3OC)cccc2c1=O. The van der Waals surface area contributed by atoms with E-state index in [1.807, 2.05) is 6.07 Å². The Morgan fingerprint density at radius 1 is 1.03 bits per heavy atom. The summed E-state index contributed by atoms with van der Waals surface area (Å²) in [5.41, 5.74) is 1.22. The molecule has 0 unspecified atom stereocenters. The lowest BCUT2D eigenvalue weighted by Gasteiger charge is -2.13. The van der Waals surface area contributed by atoms with Gasteiger partial charge in [-0.3, -0.25) is 9.59 Å². The van der Waals surface area contributed by atoms with E-state index in [1.165, 1.54) is 0 Å². The summed E-state index contributed by atoms with van der Waals surface area (Å²) in [6.45, 7) is 0.921. The van der Waals surface area contributed by atoms with Gasteiger partial charge in [-0.15, -0.1) is 0 Å². The Labute approximate surface area is 168 Å². The monoisotopic (exact) mass is 396 g/mol. The van der Waals surface area contributed by atoms with E-state index in [2.05, 4.69) is 5.32 Å². The van der Waals surface area contributed by atoms with Crippen molar-refractivity contribution < 1.29 is 19.0 Å². The zero-order valence-corrected chi connectivity index (χ0v) is 16.7. The van der Waals surface area contributed by atoms with Crippen LogP contribution >= 0.6 is 0 Å². The fourth-order valence-electron chi connectivity index (χ4n) is 3.16. The first-order chi connectivity index (χ1) is 14.1. The molecule has 1 amide bonds. The van der Waals surface area contributed by atoms with Gasteiger partial charge in [0.1, 0.15) is 11.5 Å². The molecule has 1 N–H and O–H groups in total. The van der Waals surface area contributed by atoms with Crippen LogP contribution in [0.25, 0.3) is 10.8 Å². The van der Waals surface area contributed by atoms with Crippen LogP contribution in [0, 0.1) is 0 Å². The number of carbonyl (C=O) groups excluding carboxylic acids is 1. The highest BCUT2D eigenvalue weighted by Crippen LogP contribution is 2.26. The van der Waals surface area contributed by atoms with Crippen molar-refractivity contribution >= 4 is 22.4 Å². The number of hydrogen-bond acceptors (Lipinski definition) is 5. The van der Waals surface area contributed by atoms with Crippen molar-refractivity contribution in [1.29, 1.82) is 0 Å². The molecule has 3 rings (SSSR count). The van der Waals surface area contributed by atoms with Gasteiger partial charge in [0.15, 0.2) is 0 Å². The van der Waals surface area contributed by atoms with Gasteiger partial charge in [0.25, 0.3) is 5.56 Å². The van der Waals surface area contributed by atoms with Gasteiger partial charge in [-0.25, -0.2) is 0 Å². The van der Waals surface area contributed by atoms with E-state index in [0.29, 0.717) is 41.1 Å². The maximum Gasteiger partial charge on any atom is 0.258 e. The summed E-state index contributed by atoms with van der Waals surface area (Å²) in [5.74, 6) is 1.03. The normalized spacial score (nSPS) is 10.7. The van der Waals surface area contributed by atoms with Crippen LogP contribution in [0.3, 0.4) is 0 Å². The zero-order chi connectivity index (χ0) is 20.8. The van der Waals surface area contributed by atoms with Crippen LogP contribution in [0.2, 0.25) is 0 Å². The number of rotatable bonds is 8. The Morgan fingerprint density at radius 3 is 2.59 bits per heavy atom. The van der Waals surface area contributed by atoms with Gasteiger partial charge < -0.3 is 24.1 Å². The minimum absolute atomic E-state index is 0.118. The van der Waals surface area contributed by atoms with Crippen molar-refractivity contribution in [3.05, 3.63) is 64.6 Å². The van der Waals surface area contributed by atoms with Gasteiger partial charge in [0.2, 0.25) is 5.91 Å². The van der Waals surface area contributed by atoms with E-state index in [9.17, 15) is 9.59 Å². The Kier molecular flexibility index (Phi) is 6.51. The van der Waals surface area contributed by atoms with Crippen LogP contribution in [0.5, 0.6) is 11.5 Å². The maximum atomic E-state index is 12.7. The number of benzene rings is 2. The number of fused-ring (bicyclic) bond motifs is 1. The Morgan fingerprint density at radius 2 is 1.86 bits per heavy atom. The molecule has 0 aliphatic rings. The number of nitrogens with zero attached hydrogens (tertiary/aromatic N) is 1. The molecular weight excluding hydrogens is 372 g/mol. The summed E-state index contributed by atoms with van der Waals surface area (Å²) in [6.07, 6.45) is 1.85. The Bertz CT molecular complexity index is 1070. The number of methoxy groups -OCH3 is 3. The molecular formula is C22H24N2O5. The largest absolute Gasteiger partial charge is 0.497 e. The minimum atomic E-state index is -0.204. The van der Waals surface area contributed by atoms with Gasteiger partial charge in [0, 0.05) is 47.9 Å². The van der Waals surface area contributed by atoms with Crippen molar-refractivity contribution in [1.82, 2.24) is 4.57 Å². The molecule has 29 heavy (non-hydrogen) atoms. The van der Waals surface area contributed by atoms with E-state index in [1.54, 1.807) is 68.5 Å². The third-order valence-electron chi connectivity index (χ3n) is 4.67. The highest BCUT2D eigenvalue weighted by atomic mass is 16.5. The molecule has 0 spiro atoms. The van der Waals surface area contributed by atoms with Gasteiger partial charge in [-0.05, 0) is 24.3 Å². The predicted octanol–water partition coefficient (Wildman–Crippen LogP) is 2.85. The summed E-state index contributed by atoms with van der Waals surface area (Å²) in [5, 5.41) is 4.15. The topological polar surface area (TPSA) is 78.8 Å². The number of hydrogen-bond donors (Lipinski definition) is 1. The van der Waals surface area contributed by atoms with Crippen LogP contribution in [-0.4, -0.2) is 38.4 Å². The number of anilines is 1. The average molecular weight is 396 g/mol. The second-order valence-corrected chi connectivity index (χ2v) is 6.48. The number of nitrogens with one attached hydrogen (secondary N) is 1. The molecule has 152 valence electrons. The van der Waals surface area contributed by atoms with E-state index in [4.69, 9.17) is 14.2 Å². The average Bonchev–Trinajstić information content (AvgIpc) is 2.74. The van der Waals surface area contributed by atoms with Gasteiger partial charge in [0.05, 0.1) is 27.2 Å². The lowest BCUT2D eigenvalue weighted by molar-refractivity contribution is -0.115. The predicted molar refractivity (Wildman–Crippen MR) is 112 cm³/mol. The van der Waals surface area contributed by atoms with E-state index >= 15 is 0 Å². The first-order valence-corrected chi connectivity index (χ1v) is 9.19.